The lowest BCUT2D eigenvalue weighted by Gasteiger charge is -2.07. The van der Waals surface area contributed by atoms with E-state index in [2.05, 4.69) is 36.5 Å². The van der Waals surface area contributed by atoms with E-state index < -0.39 is 0 Å². The van der Waals surface area contributed by atoms with Crippen LogP contribution in [0.3, 0.4) is 0 Å². The lowest BCUT2D eigenvalue weighted by Crippen LogP contribution is -2.22. The number of carbonyl (C=O) groups is 1. The van der Waals surface area contributed by atoms with Gasteiger partial charge in [0.25, 0.3) is 5.91 Å². The molecule has 0 aliphatic rings. The van der Waals surface area contributed by atoms with E-state index in [1.807, 2.05) is 23.6 Å². The number of nitrogens with zero attached hydrogens (tertiary/aromatic N) is 2. The molecule has 7 heteroatoms. The third kappa shape index (κ3) is 4.37. The largest absolute Gasteiger partial charge is 0.348 e. The molecule has 2 aromatic heterocycles. The summed E-state index contributed by atoms with van der Waals surface area (Å²) in [4.78, 5) is 20.5. The van der Waals surface area contributed by atoms with Crippen LogP contribution in [0.2, 0.25) is 0 Å². The Morgan fingerprint density at radius 1 is 1.17 bits per heavy atom. The highest BCUT2D eigenvalue weighted by Gasteiger charge is 2.07. The van der Waals surface area contributed by atoms with E-state index in [0.717, 1.165) is 15.0 Å². The molecule has 0 spiro atoms. The molecule has 0 saturated carbocycles. The van der Waals surface area contributed by atoms with E-state index in [0.29, 0.717) is 18.1 Å². The van der Waals surface area contributed by atoms with Gasteiger partial charge in [0, 0.05) is 30.2 Å². The van der Waals surface area contributed by atoms with Gasteiger partial charge in [0.15, 0.2) is 0 Å². The Balaban J connectivity index is 1.65. The van der Waals surface area contributed by atoms with Gasteiger partial charge in [-0.2, -0.15) is 0 Å². The summed E-state index contributed by atoms with van der Waals surface area (Å²) in [5, 5.41) is 7.99. The minimum atomic E-state index is -0.120. The molecule has 1 aromatic carbocycles. The van der Waals surface area contributed by atoms with E-state index in [1.165, 1.54) is 0 Å². The van der Waals surface area contributed by atoms with Gasteiger partial charge >= 0.3 is 0 Å². The minimum Gasteiger partial charge on any atom is -0.348 e. The van der Waals surface area contributed by atoms with E-state index >= 15 is 0 Å². The predicted octanol–water partition coefficient (Wildman–Crippen LogP) is 3.97. The van der Waals surface area contributed by atoms with Crippen molar-refractivity contribution in [3.63, 3.8) is 0 Å². The second-order valence-corrected chi connectivity index (χ2v) is 7.01. The third-order valence-electron chi connectivity index (χ3n) is 3.02. The maximum atomic E-state index is 12.3. The quantitative estimate of drug-likeness (QED) is 0.693. The van der Waals surface area contributed by atoms with Gasteiger partial charge < -0.3 is 10.6 Å². The second-order valence-electron chi connectivity index (χ2n) is 4.72. The van der Waals surface area contributed by atoms with Gasteiger partial charge in [-0.3, -0.25) is 4.79 Å². The third-order valence-corrected chi connectivity index (χ3v) is 4.57. The van der Waals surface area contributed by atoms with Crippen LogP contribution in [-0.4, -0.2) is 15.9 Å². The molecular weight excluding hydrogens is 376 g/mol. The average molecular weight is 389 g/mol. The standard InChI is InChI=1S/C16H13BrN4OS/c17-14-7-11(10-23-14)9-20-15(22)12-3-1-4-13(8-12)21-16-18-5-2-6-19-16/h1-8,10H,9H2,(H,20,22)(H,18,19,21). The highest BCUT2D eigenvalue weighted by Crippen LogP contribution is 2.20. The normalized spacial score (nSPS) is 10.3. The Morgan fingerprint density at radius 2 is 2.00 bits per heavy atom. The van der Waals surface area contributed by atoms with Gasteiger partial charge in [-0.15, -0.1) is 11.3 Å². The first-order valence-corrected chi connectivity index (χ1v) is 8.53. The van der Waals surface area contributed by atoms with Gasteiger partial charge in [0.1, 0.15) is 0 Å². The highest BCUT2D eigenvalue weighted by molar-refractivity contribution is 9.11. The molecule has 0 radical (unpaired) electrons. The Hall–Kier alpha value is -2.25. The fourth-order valence-corrected chi connectivity index (χ4v) is 3.16. The molecule has 23 heavy (non-hydrogen) atoms. The molecule has 0 aliphatic heterocycles. The van der Waals surface area contributed by atoms with Gasteiger partial charge in [-0.25, -0.2) is 9.97 Å². The topological polar surface area (TPSA) is 66.9 Å². The zero-order chi connectivity index (χ0) is 16.1. The van der Waals surface area contributed by atoms with Crippen molar-refractivity contribution < 1.29 is 4.79 Å². The molecular formula is C16H13BrN4OS. The second kappa shape index (κ2) is 7.34. The molecule has 0 unspecified atom stereocenters. The molecule has 2 N–H and O–H groups in total. The van der Waals surface area contributed by atoms with Gasteiger partial charge in [0.2, 0.25) is 5.95 Å². The number of benzene rings is 1. The fourth-order valence-electron chi connectivity index (χ4n) is 1.95. The van der Waals surface area contributed by atoms with Crippen molar-refractivity contribution in [2.24, 2.45) is 0 Å². The van der Waals surface area contributed by atoms with Gasteiger partial charge in [-0.05, 0) is 57.2 Å². The minimum absolute atomic E-state index is 0.120. The number of thiophene rings is 1. The van der Waals surface area contributed by atoms with Crippen LogP contribution in [0.25, 0.3) is 0 Å². The summed E-state index contributed by atoms with van der Waals surface area (Å²) in [6.07, 6.45) is 3.32. The van der Waals surface area contributed by atoms with E-state index in [1.54, 1.807) is 41.9 Å². The molecule has 0 atom stereocenters. The molecule has 0 fully saturated rings. The summed E-state index contributed by atoms with van der Waals surface area (Å²) in [6, 6.07) is 11.0. The van der Waals surface area contributed by atoms with Crippen molar-refractivity contribution in [2.45, 2.75) is 6.54 Å². The van der Waals surface area contributed by atoms with E-state index in [4.69, 9.17) is 0 Å². The summed E-state index contributed by atoms with van der Waals surface area (Å²) in [7, 11) is 0. The Bertz CT molecular complexity index is 807. The number of anilines is 2. The Morgan fingerprint density at radius 3 is 2.74 bits per heavy atom. The molecule has 116 valence electrons. The number of hydrogen-bond acceptors (Lipinski definition) is 5. The first kappa shape index (κ1) is 15.6. The van der Waals surface area contributed by atoms with Crippen molar-refractivity contribution in [1.29, 1.82) is 0 Å². The van der Waals surface area contributed by atoms with Crippen LogP contribution in [0.4, 0.5) is 11.6 Å². The van der Waals surface area contributed by atoms with E-state index in [-0.39, 0.29) is 5.91 Å². The fraction of sp³-hybridized carbons (Fsp3) is 0.0625. The number of nitrogens with one attached hydrogen (secondary N) is 2. The first-order chi connectivity index (χ1) is 11.2. The lowest BCUT2D eigenvalue weighted by atomic mass is 10.2. The van der Waals surface area contributed by atoms with Gasteiger partial charge in [0.05, 0.1) is 3.79 Å². The zero-order valence-electron chi connectivity index (χ0n) is 12.0. The SMILES string of the molecule is O=C(NCc1csc(Br)c1)c1cccc(Nc2ncccn2)c1. The number of rotatable bonds is 5. The maximum Gasteiger partial charge on any atom is 0.251 e. The highest BCUT2D eigenvalue weighted by atomic mass is 79.9. The molecule has 0 saturated heterocycles. The van der Waals surface area contributed by atoms with Gasteiger partial charge in [-0.1, -0.05) is 6.07 Å². The molecule has 5 nitrogen and oxygen atoms in total. The van der Waals surface area contributed by atoms with Crippen molar-refractivity contribution in [2.75, 3.05) is 5.32 Å². The maximum absolute atomic E-state index is 12.3. The number of hydrogen-bond donors (Lipinski definition) is 2. The van der Waals surface area contributed by atoms with Crippen LogP contribution in [-0.2, 0) is 6.54 Å². The monoisotopic (exact) mass is 388 g/mol. The number of aromatic nitrogens is 2. The summed E-state index contributed by atoms with van der Waals surface area (Å²) < 4.78 is 1.05. The molecule has 1 amide bonds. The van der Waals surface area contributed by atoms with E-state index in [9.17, 15) is 4.79 Å². The number of halogens is 1. The van der Waals surface area contributed by atoms with Crippen molar-refractivity contribution in [1.82, 2.24) is 15.3 Å². The van der Waals surface area contributed by atoms with Crippen molar-refractivity contribution in [3.05, 3.63) is 69.1 Å². The average Bonchev–Trinajstić information content (AvgIpc) is 2.99. The van der Waals surface area contributed by atoms with Crippen LogP contribution in [0.5, 0.6) is 0 Å². The molecule has 3 aromatic rings. The molecule has 0 aliphatic carbocycles. The van der Waals surface area contributed by atoms with Crippen molar-refractivity contribution >= 4 is 44.8 Å². The van der Waals surface area contributed by atoms with Crippen molar-refractivity contribution in [3.8, 4) is 0 Å². The van der Waals surface area contributed by atoms with Crippen LogP contribution in [0, 0.1) is 0 Å². The summed E-state index contributed by atoms with van der Waals surface area (Å²) >= 11 is 5.01. The smallest absolute Gasteiger partial charge is 0.251 e. The lowest BCUT2D eigenvalue weighted by molar-refractivity contribution is 0.0951. The predicted molar refractivity (Wildman–Crippen MR) is 94.9 cm³/mol. The van der Waals surface area contributed by atoms with Crippen LogP contribution < -0.4 is 10.6 Å². The first-order valence-electron chi connectivity index (χ1n) is 6.86. The summed E-state index contributed by atoms with van der Waals surface area (Å²) in [5.74, 6) is 0.373. The van der Waals surface area contributed by atoms with Crippen LogP contribution in [0.1, 0.15) is 15.9 Å². The van der Waals surface area contributed by atoms with Crippen LogP contribution in [0.15, 0.2) is 58.0 Å². The molecule has 3 rings (SSSR count). The number of carbonyl (C=O) groups excluding carboxylic acids is 1. The number of amides is 1. The zero-order valence-corrected chi connectivity index (χ0v) is 14.4. The molecule has 2 heterocycles. The molecule has 0 bridgehead atoms. The summed E-state index contributed by atoms with van der Waals surface area (Å²) in [6.45, 7) is 0.500. The summed E-state index contributed by atoms with van der Waals surface area (Å²) in [5.41, 5.74) is 2.42. The Kier molecular flexibility index (Phi) is 4.99. The Labute approximate surface area is 145 Å². The van der Waals surface area contributed by atoms with Crippen LogP contribution >= 0.6 is 27.3 Å².